The van der Waals surface area contributed by atoms with Crippen molar-refractivity contribution >= 4 is 5.91 Å². The van der Waals surface area contributed by atoms with Gasteiger partial charge in [0, 0.05) is 25.6 Å². The van der Waals surface area contributed by atoms with E-state index in [1.807, 2.05) is 12.1 Å². The lowest BCUT2D eigenvalue weighted by molar-refractivity contribution is -0.133. The zero-order valence-electron chi connectivity index (χ0n) is 12.8. The molecular formula is C17H26N2O2. The van der Waals surface area contributed by atoms with Gasteiger partial charge in [0.05, 0.1) is 0 Å². The monoisotopic (exact) mass is 290 g/mol. The smallest absolute Gasteiger partial charge is 0.223 e. The van der Waals surface area contributed by atoms with Gasteiger partial charge in [0.25, 0.3) is 0 Å². The number of hydrogen-bond acceptors (Lipinski definition) is 3. The Kier molecular flexibility index (Phi) is 5.23. The van der Waals surface area contributed by atoms with E-state index in [0.29, 0.717) is 19.5 Å². The standard InChI is InChI=1S/C17H26N2O2/c1-19(12-14-7-3-4-8-15(14)20)16(21)11-17(13-18)9-5-2-6-10-17/h3-4,7-8,20H,2,5-6,9-13,18H2,1H3. The first-order valence-electron chi connectivity index (χ1n) is 7.77. The van der Waals surface area contributed by atoms with Gasteiger partial charge in [-0.25, -0.2) is 0 Å². The van der Waals surface area contributed by atoms with Gasteiger partial charge in [0.1, 0.15) is 5.75 Å². The summed E-state index contributed by atoms with van der Waals surface area (Å²) in [5.74, 6) is 0.356. The van der Waals surface area contributed by atoms with Crippen molar-refractivity contribution in [3.63, 3.8) is 0 Å². The van der Waals surface area contributed by atoms with Gasteiger partial charge in [-0.05, 0) is 30.9 Å². The van der Waals surface area contributed by atoms with E-state index in [4.69, 9.17) is 5.73 Å². The summed E-state index contributed by atoms with van der Waals surface area (Å²) in [5.41, 5.74) is 6.72. The Bertz CT molecular complexity index is 481. The molecule has 1 amide bonds. The molecule has 1 fully saturated rings. The number of carbonyl (C=O) groups is 1. The second-order valence-electron chi connectivity index (χ2n) is 6.32. The number of amides is 1. The zero-order valence-corrected chi connectivity index (χ0v) is 12.8. The van der Waals surface area contributed by atoms with Crippen LogP contribution in [-0.4, -0.2) is 29.5 Å². The summed E-state index contributed by atoms with van der Waals surface area (Å²) in [6, 6.07) is 7.15. The van der Waals surface area contributed by atoms with Crippen molar-refractivity contribution < 1.29 is 9.90 Å². The maximum atomic E-state index is 12.5. The lowest BCUT2D eigenvalue weighted by Gasteiger charge is -2.36. The minimum Gasteiger partial charge on any atom is -0.508 e. The van der Waals surface area contributed by atoms with E-state index >= 15 is 0 Å². The van der Waals surface area contributed by atoms with Gasteiger partial charge < -0.3 is 15.7 Å². The number of benzene rings is 1. The van der Waals surface area contributed by atoms with Crippen molar-refractivity contribution in [2.75, 3.05) is 13.6 Å². The number of nitrogens with zero attached hydrogens (tertiary/aromatic N) is 1. The number of carbonyl (C=O) groups excluding carboxylic acids is 1. The first-order chi connectivity index (χ1) is 10.1. The van der Waals surface area contributed by atoms with Crippen LogP contribution in [0.2, 0.25) is 0 Å². The van der Waals surface area contributed by atoms with Crippen LogP contribution in [0.3, 0.4) is 0 Å². The molecule has 1 aromatic carbocycles. The maximum Gasteiger partial charge on any atom is 0.223 e. The molecule has 1 saturated carbocycles. The molecule has 2 rings (SSSR count). The van der Waals surface area contributed by atoms with E-state index in [9.17, 15) is 9.90 Å². The molecular weight excluding hydrogens is 264 g/mol. The number of rotatable bonds is 5. The molecule has 0 heterocycles. The Morgan fingerprint density at radius 1 is 1.29 bits per heavy atom. The fraction of sp³-hybridized carbons (Fsp3) is 0.588. The van der Waals surface area contributed by atoms with Crippen molar-refractivity contribution in [1.29, 1.82) is 0 Å². The summed E-state index contributed by atoms with van der Waals surface area (Å²) >= 11 is 0. The first-order valence-corrected chi connectivity index (χ1v) is 7.77. The van der Waals surface area contributed by atoms with Gasteiger partial charge in [-0.1, -0.05) is 37.5 Å². The van der Waals surface area contributed by atoms with Crippen molar-refractivity contribution in [2.24, 2.45) is 11.1 Å². The number of phenols is 1. The molecule has 1 aliphatic rings. The third kappa shape index (κ3) is 3.97. The Labute approximate surface area is 126 Å². The van der Waals surface area contributed by atoms with Crippen LogP contribution in [0, 0.1) is 5.41 Å². The van der Waals surface area contributed by atoms with Gasteiger partial charge >= 0.3 is 0 Å². The summed E-state index contributed by atoms with van der Waals surface area (Å²) in [6.45, 7) is 1.02. The summed E-state index contributed by atoms with van der Waals surface area (Å²) in [7, 11) is 1.79. The molecule has 3 N–H and O–H groups in total. The van der Waals surface area contributed by atoms with Crippen LogP contribution in [-0.2, 0) is 11.3 Å². The maximum absolute atomic E-state index is 12.5. The normalized spacial score (nSPS) is 17.4. The minimum absolute atomic E-state index is 0.0116. The van der Waals surface area contributed by atoms with Gasteiger partial charge in [0.2, 0.25) is 5.91 Å². The predicted molar refractivity (Wildman–Crippen MR) is 83.8 cm³/mol. The van der Waals surface area contributed by atoms with Crippen LogP contribution < -0.4 is 5.73 Å². The van der Waals surface area contributed by atoms with Crippen LogP contribution in [0.15, 0.2) is 24.3 Å². The molecule has 0 aliphatic heterocycles. The van der Waals surface area contributed by atoms with Gasteiger partial charge in [-0.2, -0.15) is 0 Å². The van der Waals surface area contributed by atoms with E-state index in [-0.39, 0.29) is 17.1 Å². The molecule has 1 aromatic rings. The summed E-state index contributed by atoms with van der Waals surface area (Å²) in [4.78, 5) is 14.2. The largest absolute Gasteiger partial charge is 0.508 e. The van der Waals surface area contributed by atoms with Crippen LogP contribution >= 0.6 is 0 Å². The molecule has 4 nitrogen and oxygen atoms in total. The second-order valence-corrected chi connectivity index (χ2v) is 6.32. The van der Waals surface area contributed by atoms with Crippen molar-refractivity contribution in [3.8, 4) is 5.75 Å². The van der Waals surface area contributed by atoms with Crippen molar-refractivity contribution in [3.05, 3.63) is 29.8 Å². The Hall–Kier alpha value is -1.55. The van der Waals surface area contributed by atoms with Crippen LogP contribution in [0.25, 0.3) is 0 Å². The molecule has 0 spiro atoms. The Balaban J connectivity index is 1.97. The van der Waals surface area contributed by atoms with Crippen LogP contribution in [0.5, 0.6) is 5.75 Å². The summed E-state index contributed by atoms with van der Waals surface area (Å²) < 4.78 is 0. The van der Waals surface area contributed by atoms with E-state index in [1.54, 1.807) is 24.1 Å². The third-order valence-electron chi connectivity index (χ3n) is 4.70. The van der Waals surface area contributed by atoms with Gasteiger partial charge in [0.15, 0.2) is 0 Å². The molecule has 4 heteroatoms. The SMILES string of the molecule is CN(Cc1ccccc1O)C(=O)CC1(CN)CCCCC1. The predicted octanol–water partition coefficient (Wildman–Crippen LogP) is 2.65. The highest BCUT2D eigenvalue weighted by atomic mass is 16.3. The lowest BCUT2D eigenvalue weighted by Crippen LogP contribution is -2.39. The third-order valence-corrected chi connectivity index (χ3v) is 4.70. The minimum atomic E-state index is -0.0116. The number of phenolic OH excluding ortho intramolecular Hbond substituents is 1. The Morgan fingerprint density at radius 2 is 1.95 bits per heavy atom. The highest BCUT2D eigenvalue weighted by molar-refractivity contribution is 5.76. The molecule has 0 radical (unpaired) electrons. The first kappa shape index (κ1) is 15.8. The molecule has 0 atom stereocenters. The molecule has 21 heavy (non-hydrogen) atoms. The molecule has 0 aromatic heterocycles. The zero-order chi connectivity index (χ0) is 15.3. The van der Waals surface area contributed by atoms with E-state index in [1.165, 1.54) is 19.3 Å². The number of nitrogens with two attached hydrogens (primary N) is 1. The van der Waals surface area contributed by atoms with Gasteiger partial charge in [-0.15, -0.1) is 0 Å². The van der Waals surface area contributed by atoms with E-state index < -0.39 is 0 Å². The van der Waals surface area contributed by atoms with Crippen molar-refractivity contribution in [2.45, 2.75) is 45.1 Å². The topological polar surface area (TPSA) is 66.6 Å². The van der Waals surface area contributed by atoms with E-state index in [2.05, 4.69) is 0 Å². The molecule has 0 unspecified atom stereocenters. The van der Waals surface area contributed by atoms with Crippen molar-refractivity contribution in [1.82, 2.24) is 4.90 Å². The lowest BCUT2D eigenvalue weighted by atomic mass is 9.71. The second kappa shape index (κ2) is 6.94. The summed E-state index contributed by atoms with van der Waals surface area (Å²) in [5, 5.41) is 9.80. The molecule has 1 aliphatic carbocycles. The van der Waals surface area contributed by atoms with E-state index in [0.717, 1.165) is 18.4 Å². The fourth-order valence-electron chi connectivity index (χ4n) is 3.20. The average Bonchev–Trinajstić information content (AvgIpc) is 2.50. The summed E-state index contributed by atoms with van der Waals surface area (Å²) in [6.07, 6.45) is 6.23. The highest BCUT2D eigenvalue weighted by Crippen LogP contribution is 2.38. The van der Waals surface area contributed by atoms with Crippen LogP contribution in [0.1, 0.15) is 44.1 Å². The highest BCUT2D eigenvalue weighted by Gasteiger charge is 2.33. The molecule has 116 valence electrons. The molecule has 0 saturated heterocycles. The Morgan fingerprint density at radius 3 is 2.57 bits per heavy atom. The van der Waals surface area contributed by atoms with Crippen LogP contribution in [0.4, 0.5) is 0 Å². The fourth-order valence-corrected chi connectivity index (χ4v) is 3.20. The number of hydrogen-bond donors (Lipinski definition) is 2. The quantitative estimate of drug-likeness (QED) is 0.876. The average molecular weight is 290 g/mol. The number of aromatic hydroxyl groups is 1. The number of para-hydroxylation sites is 1. The van der Waals surface area contributed by atoms with Gasteiger partial charge in [-0.3, -0.25) is 4.79 Å². The molecule has 0 bridgehead atoms.